The quantitative estimate of drug-likeness (QED) is 0.306. The van der Waals surface area contributed by atoms with E-state index in [0.717, 1.165) is 37.6 Å². The van der Waals surface area contributed by atoms with E-state index in [1.54, 1.807) is 13.2 Å². The van der Waals surface area contributed by atoms with E-state index in [-0.39, 0.29) is 29.7 Å². The van der Waals surface area contributed by atoms with Gasteiger partial charge in [-0.25, -0.2) is 0 Å². The Morgan fingerprint density at radius 2 is 2.15 bits per heavy atom. The molecule has 2 rings (SSSR count). The van der Waals surface area contributed by atoms with Gasteiger partial charge in [0.15, 0.2) is 5.96 Å². The molecule has 1 fully saturated rings. The van der Waals surface area contributed by atoms with Gasteiger partial charge in [-0.2, -0.15) is 0 Å². The number of hydrogen-bond donors (Lipinski definition) is 3. The van der Waals surface area contributed by atoms with Crippen LogP contribution in [0.3, 0.4) is 0 Å². The van der Waals surface area contributed by atoms with E-state index in [0.29, 0.717) is 18.3 Å². The zero-order valence-corrected chi connectivity index (χ0v) is 18.5. The highest BCUT2D eigenvalue weighted by atomic mass is 127. The van der Waals surface area contributed by atoms with Crippen LogP contribution in [0, 0.1) is 0 Å². The number of ether oxygens (including phenoxy) is 1. The number of benzene rings is 1. The molecule has 0 radical (unpaired) electrons. The molecule has 0 amide bonds. The third-order valence-corrected chi connectivity index (χ3v) is 4.69. The van der Waals surface area contributed by atoms with Crippen molar-refractivity contribution in [1.29, 1.82) is 0 Å². The minimum atomic E-state index is 0. The molecule has 1 saturated heterocycles. The van der Waals surface area contributed by atoms with E-state index in [2.05, 4.69) is 29.4 Å². The first-order valence-corrected chi connectivity index (χ1v) is 9.30. The third-order valence-electron chi connectivity index (χ3n) is 4.69. The molecule has 0 bridgehead atoms. The lowest BCUT2D eigenvalue weighted by atomic mass is 10.1. The molecule has 0 spiro atoms. The summed E-state index contributed by atoms with van der Waals surface area (Å²) in [5, 5.41) is 16.7. The number of likely N-dealkylation sites (tertiary alicyclic amines) is 1. The van der Waals surface area contributed by atoms with Crippen LogP contribution in [0.5, 0.6) is 11.5 Å². The smallest absolute Gasteiger partial charge is 0.191 e. The van der Waals surface area contributed by atoms with Crippen molar-refractivity contribution in [3.05, 3.63) is 23.8 Å². The summed E-state index contributed by atoms with van der Waals surface area (Å²) in [6, 6.07) is 5.98. The number of nitrogens with one attached hydrogen (secondary N) is 2. The van der Waals surface area contributed by atoms with Gasteiger partial charge in [0.05, 0.1) is 13.7 Å². The van der Waals surface area contributed by atoms with Gasteiger partial charge in [-0.1, -0.05) is 13.0 Å². The van der Waals surface area contributed by atoms with Crippen molar-refractivity contribution < 1.29 is 9.84 Å². The Kier molecular flexibility index (Phi) is 10.7. The summed E-state index contributed by atoms with van der Waals surface area (Å²) >= 11 is 0. The number of aromatic hydroxyl groups is 1. The van der Waals surface area contributed by atoms with Crippen LogP contribution >= 0.6 is 24.0 Å². The highest BCUT2D eigenvalue weighted by Gasteiger charge is 2.22. The molecular formula is C19H33IN4O2. The SMILES string of the molecule is CCNC(=NCC1CCCN1CC)NCCc1ccc(OC)cc1O.I. The standard InChI is InChI=1S/C19H32N4O2.HI/c1-4-20-19(22-14-16-7-6-12-23(16)5-2)21-11-10-15-8-9-17(25-3)13-18(15)24;/h8-9,13,16,24H,4-7,10-12,14H2,1-3H3,(H2,20,21,22);1H. The van der Waals surface area contributed by atoms with Gasteiger partial charge in [-0.05, 0) is 50.9 Å². The maximum Gasteiger partial charge on any atom is 0.191 e. The lowest BCUT2D eigenvalue weighted by Gasteiger charge is -2.21. The average Bonchev–Trinajstić information content (AvgIpc) is 3.08. The van der Waals surface area contributed by atoms with Crippen molar-refractivity contribution in [3.8, 4) is 11.5 Å². The lowest BCUT2D eigenvalue weighted by molar-refractivity contribution is 0.273. The monoisotopic (exact) mass is 476 g/mol. The van der Waals surface area contributed by atoms with Crippen LogP contribution in [0.4, 0.5) is 0 Å². The van der Waals surface area contributed by atoms with Crippen LogP contribution in [0.25, 0.3) is 0 Å². The summed E-state index contributed by atoms with van der Waals surface area (Å²) in [5.74, 6) is 1.78. The molecule has 6 nitrogen and oxygen atoms in total. The van der Waals surface area contributed by atoms with Crippen LogP contribution in [-0.4, -0.2) is 61.8 Å². The normalized spacial score (nSPS) is 17.7. The number of likely N-dealkylation sites (N-methyl/N-ethyl adjacent to an activating group) is 1. The highest BCUT2D eigenvalue weighted by molar-refractivity contribution is 14.0. The second-order valence-electron chi connectivity index (χ2n) is 6.32. The summed E-state index contributed by atoms with van der Waals surface area (Å²) in [5.41, 5.74) is 0.900. The Morgan fingerprint density at radius 1 is 1.35 bits per heavy atom. The third kappa shape index (κ3) is 6.83. The number of halogens is 1. The van der Waals surface area contributed by atoms with E-state index in [9.17, 15) is 5.11 Å². The van der Waals surface area contributed by atoms with E-state index < -0.39 is 0 Å². The Morgan fingerprint density at radius 3 is 2.81 bits per heavy atom. The zero-order valence-electron chi connectivity index (χ0n) is 16.1. The topological polar surface area (TPSA) is 69.1 Å². The largest absolute Gasteiger partial charge is 0.508 e. The van der Waals surface area contributed by atoms with Crippen molar-refractivity contribution in [2.24, 2.45) is 4.99 Å². The number of phenolic OH excluding ortho intramolecular Hbond substituents is 1. The molecule has 26 heavy (non-hydrogen) atoms. The molecule has 1 aromatic carbocycles. The summed E-state index contributed by atoms with van der Waals surface area (Å²) in [6.45, 7) is 8.96. The Hall–Kier alpha value is -1.22. The molecule has 1 heterocycles. The molecule has 0 aromatic heterocycles. The van der Waals surface area contributed by atoms with Crippen molar-refractivity contribution in [2.75, 3.05) is 39.8 Å². The summed E-state index contributed by atoms with van der Waals surface area (Å²) in [6.07, 6.45) is 3.23. The number of methoxy groups -OCH3 is 1. The first kappa shape index (κ1) is 22.8. The average molecular weight is 476 g/mol. The molecule has 1 unspecified atom stereocenters. The van der Waals surface area contributed by atoms with Gasteiger partial charge in [0.2, 0.25) is 0 Å². The van der Waals surface area contributed by atoms with Gasteiger partial charge < -0.3 is 20.5 Å². The van der Waals surface area contributed by atoms with E-state index in [1.165, 1.54) is 19.4 Å². The van der Waals surface area contributed by atoms with E-state index >= 15 is 0 Å². The minimum Gasteiger partial charge on any atom is -0.508 e. The van der Waals surface area contributed by atoms with E-state index in [4.69, 9.17) is 9.73 Å². The van der Waals surface area contributed by atoms with Gasteiger partial charge in [0.1, 0.15) is 11.5 Å². The summed E-state index contributed by atoms with van der Waals surface area (Å²) in [4.78, 5) is 7.25. The van der Waals surface area contributed by atoms with Crippen LogP contribution < -0.4 is 15.4 Å². The van der Waals surface area contributed by atoms with E-state index in [1.807, 2.05) is 12.1 Å². The van der Waals surface area contributed by atoms with Crippen LogP contribution in [0.2, 0.25) is 0 Å². The van der Waals surface area contributed by atoms with Gasteiger partial charge >= 0.3 is 0 Å². The molecule has 1 aromatic rings. The molecule has 1 aliphatic rings. The maximum atomic E-state index is 10.0. The van der Waals surface area contributed by atoms with Crippen LogP contribution in [0.1, 0.15) is 32.3 Å². The summed E-state index contributed by atoms with van der Waals surface area (Å²) in [7, 11) is 1.60. The lowest BCUT2D eigenvalue weighted by Crippen LogP contribution is -2.40. The maximum absolute atomic E-state index is 10.0. The fraction of sp³-hybridized carbons (Fsp3) is 0.632. The highest BCUT2D eigenvalue weighted by Crippen LogP contribution is 2.23. The molecule has 0 aliphatic carbocycles. The Bertz CT molecular complexity index is 568. The van der Waals surface area contributed by atoms with Gasteiger partial charge in [0, 0.05) is 25.2 Å². The van der Waals surface area contributed by atoms with Gasteiger partial charge in [-0.3, -0.25) is 9.89 Å². The number of guanidine groups is 1. The first-order valence-electron chi connectivity index (χ1n) is 9.30. The van der Waals surface area contributed by atoms with Crippen LogP contribution in [0.15, 0.2) is 23.2 Å². The van der Waals surface area contributed by atoms with Crippen molar-refractivity contribution in [2.45, 2.75) is 39.2 Å². The number of aliphatic imine (C=N–C) groups is 1. The van der Waals surface area contributed by atoms with Crippen molar-refractivity contribution >= 4 is 29.9 Å². The van der Waals surface area contributed by atoms with Crippen LogP contribution in [-0.2, 0) is 6.42 Å². The number of phenols is 1. The zero-order chi connectivity index (χ0) is 18.1. The van der Waals surface area contributed by atoms with Gasteiger partial charge in [-0.15, -0.1) is 24.0 Å². The number of hydrogen-bond acceptors (Lipinski definition) is 4. The Balaban J connectivity index is 0.00000338. The molecular weight excluding hydrogens is 443 g/mol. The molecule has 1 atom stereocenters. The molecule has 7 heteroatoms. The molecule has 148 valence electrons. The minimum absolute atomic E-state index is 0. The predicted octanol–water partition coefficient (Wildman–Crippen LogP) is 2.60. The molecule has 0 saturated carbocycles. The summed E-state index contributed by atoms with van der Waals surface area (Å²) < 4.78 is 5.11. The fourth-order valence-corrected chi connectivity index (χ4v) is 3.25. The van der Waals surface area contributed by atoms with Gasteiger partial charge in [0.25, 0.3) is 0 Å². The second kappa shape index (κ2) is 12.2. The van der Waals surface area contributed by atoms with Crippen molar-refractivity contribution in [1.82, 2.24) is 15.5 Å². The second-order valence-corrected chi connectivity index (χ2v) is 6.32. The first-order chi connectivity index (χ1) is 12.2. The number of rotatable bonds is 8. The predicted molar refractivity (Wildman–Crippen MR) is 118 cm³/mol. The Labute approximate surface area is 174 Å². The van der Waals surface area contributed by atoms with Crippen molar-refractivity contribution in [3.63, 3.8) is 0 Å². The fourth-order valence-electron chi connectivity index (χ4n) is 3.25. The molecule has 3 N–H and O–H groups in total. The molecule has 1 aliphatic heterocycles. The number of nitrogens with zero attached hydrogens (tertiary/aromatic N) is 2.